The van der Waals surface area contributed by atoms with Crippen LogP contribution in [-0.4, -0.2) is 31.5 Å². The number of urea groups is 1. The number of nitrogens with one attached hydrogen (secondary N) is 2. The van der Waals surface area contributed by atoms with Gasteiger partial charge in [0, 0.05) is 40.3 Å². The predicted octanol–water partition coefficient (Wildman–Crippen LogP) is 4.87. The van der Waals surface area contributed by atoms with Gasteiger partial charge in [0.15, 0.2) is 0 Å². The monoisotopic (exact) mass is 395 g/mol. The van der Waals surface area contributed by atoms with Crippen LogP contribution in [0.4, 0.5) is 16.2 Å². The fraction of sp³-hybridized carbons (Fsp3) is 0.278. The minimum Gasteiger partial charge on any atom is -0.340 e. The fourth-order valence-corrected chi connectivity index (χ4v) is 4.04. The van der Waals surface area contributed by atoms with Gasteiger partial charge < -0.3 is 15.5 Å². The van der Waals surface area contributed by atoms with E-state index in [-0.39, 0.29) is 6.03 Å². The van der Waals surface area contributed by atoms with Crippen LogP contribution in [0.5, 0.6) is 0 Å². The molecule has 4 nitrogen and oxygen atoms in total. The first-order valence-corrected chi connectivity index (χ1v) is 9.83. The van der Waals surface area contributed by atoms with E-state index in [9.17, 15) is 4.79 Å². The number of para-hydroxylation sites is 1. The second kappa shape index (κ2) is 8.70. The van der Waals surface area contributed by atoms with E-state index in [4.69, 9.17) is 23.2 Å². The third kappa shape index (κ3) is 4.54. The molecule has 0 aromatic heterocycles. The maximum absolute atomic E-state index is 11.6. The highest BCUT2D eigenvalue weighted by molar-refractivity contribution is 7.99. The Morgan fingerprint density at radius 1 is 1.04 bits per heavy atom. The first-order valence-electron chi connectivity index (χ1n) is 8.10. The van der Waals surface area contributed by atoms with Crippen LogP contribution in [0.2, 0.25) is 5.02 Å². The highest BCUT2D eigenvalue weighted by Gasteiger charge is 2.22. The molecular formula is C18H19Cl2N3OS. The summed E-state index contributed by atoms with van der Waals surface area (Å²) in [6, 6.07) is 14.1. The third-order valence-corrected chi connectivity index (χ3v) is 5.37. The van der Waals surface area contributed by atoms with Crippen LogP contribution >= 0.6 is 35.0 Å². The molecule has 7 heteroatoms. The molecule has 0 fully saturated rings. The number of fused-ring (bicyclic) bond motifs is 2. The zero-order valence-corrected chi connectivity index (χ0v) is 15.9. The number of nitrogens with zero attached hydrogens (tertiary/aromatic N) is 1. The second-order valence-electron chi connectivity index (χ2n) is 5.56. The van der Waals surface area contributed by atoms with Gasteiger partial charge in [-0.25, -0.2) is 4.79 Å². The van der Waals surface area contributed by atoms with E-state index in [0.29, 0.717) is 19.0 Å². The molecule has 0 spiro atoms. The molecule has 0 saturated carbocycles. The number of amides is 2. The standard InChI is InChI=1S/C18H19Cl2N3OS/c19-8-10-22-18(24)21-9-3-11-23-14-4-1-2-5-16(14)25-17-7-6-13(20)12-15(17)23/h1-2,4-7,12H,3,8-11H2,(H2,21,22,24). The minimum absolute atomic E-state index is 0.182. The van der Waals surface area contributed by atoms with E-state index in [1.165, 1.54) is 15.5 Å². The maximum Gasteiger partial charge on any atom is 0.314 e. The summed E-state index contributed by atoms with van der Waals surface area (Å²) >= 11 is 13.5. The molecule has 132 valence electrons. The van der Waals surface area contributed by atoms with Crippen molar-refractivity contribution < 1.29 is 4.79 Å². The number of carbonyl (C=O) groups is 1. The Bertz CT molecular complexity index is 757. The van der Waals surface area contributed by atoms with Crippen LogP contribution in [0.1, 0.15) is 6.42 Å². The molecule has 1 aliphatic rings. The molecule has 25 heavy (non-hydrogen) atoms. The van der Waals surface area contributed by atoms with Gasteiger partial charge in [-0.3, -0.25) is 0 Å². The largest absolute Gasteiger partial charge is 0.340 e. The van der Waals surface area contributed by atoms with Gasteiger partial charge in [-0.05, 0) is 36.8 Å². The molecule has 0 saturated heterocycles. The van der Waals surface area contributed by atoms with E-state index >= 15 is 0 Å². The average Bonchev–Trinajstić information content (AvgIpc) is 2.63. The highest BCUT2D eigenvalue weighted by Crippen LogP contribution is 2.48. The number of halogens is 2. The lowest BCUT2D eigenvalue weighted by Crippen LogP contribution is -2.37. The van der Waals surface area contributed by atoms with Gasteiger partial charge in [-0.15, -0.1) is 11.6 Å². The summed E-state index contributed by atoms with van der Waals surface area (Å²) in [6.07, 6.45) is 0.819. The number of carbonyl (C=O) groups excluding carboxylic acids is 1. The van der Waals surface area contributed by atoms with E-state index < -0.39 is 0 Å². The van der Waals surface area contributed by atoms with Crippen LogP contribution in [0, 0.1) is 0 Å². The summed E-state index contributed by atoms with van der Waals surface area (Å²) in [5.41, 5.74) is 2.29. The van der Waals surface area contributed by atoms with Crippen molar-refractivity contribution in [2.75, 3.05) is 30.4 Å². The van der Waals surface area contributed by atoms with E-state index in [1.807, 2.05) is 24.3 Å². The van der Waals surface area contributed by atoms with Crippen molar-refractivity contribution in [2.45, 2.75) is 16.2 Å². The Hall–Kier alpha value is -1.56. The van der Waals surface area contributed by atoms with E-state index in [1.54, 1.807) is 11.8 Å². The Morgan fingerprint density at radius 3 is 2.64 bits per heavy atom. The molecular weight excluding hydrogens is 377 g/mol. The molecule has 0 radical (unpaired) electrons. The topological polar surface area (TPSA) is 44.4 Å². The Morgan fingerprint density at radius 2 is 1.80 bits per heavy atom. The van der Waals surface area contributed by atoms with Gasteiger partial charge in [-0.1, -0.05) is 35.5 Å². The van der Waals surface area contributed by atoms with Crippen molar-refractivity contribution in [3.05, 3.63) is 47.5 Å². The molecule has 2 amide bonds. The van der Waals surface area contributed by atoms with Crippen LogP contribution in [0.15, 0.2) is 52.3 Å². The van der Waals surface area contributed by atoms with Crippen molar-refractivity contribution in [2.24, 2.45) is 0 Å². The van der Waals surface area contributed by atoms with Crippen LogP contribution < -0.4 is 15.5 Å². The number of hydrogen-bond donors (Lipinski definition) is 2. The van der Waals surface area contributed by atoms with Crippen molar-refractivity contribution in [3.63, 3.8) is 0 Å². The Kier molecular flexibility index (Phi) is 6.34. The van der Waals surface area contributed by atoms with Crippen LogP contribution in [0.3, 0.4) is 0 Å². The summed E-state index contributed by atoms with van der Waals surface area (Å²) in [4.78, 5) is 16.3. The molecule has 1 heterocycles. The van der Waals surface area contributed by atoms with Gasteiger partial charge >= 0.3 is 6.03 Å². The van der Waals surface area contributed by atoms with Crippen LogP contribution in [0.25, 0.3) is 0 Å². The number of alkyl halides is 1. The molecule has 0 aliphatic carbocycles. The summed E-state index contributed by atoms with van der Waals surface area (Å²) < 4.78 is 0. The highest BCUT2D eigenvalue weighted by atomic mass is 35.5. The molecule has 2 aromatic rings. The number of anilines is 2. The molecule has 0 atom stereocenters. The number of rotatable bonds is 6. The van der Waals surface area contributed by atoms with Crippen molar-refractivity contribution >= 4 is 52.4 Å². The van der Waals surface area contributed by atoms with Gasteiger partial charge in [0.05, 0.1) is 11.4 Å². The first-order chi connectivity index (χ1) is 12.2. The SMILES string of the molecule is O=C(NCCCl)NCCCN1c2ccccc2Sc2ccc(Cl)cc21. The van der Waals surface area contributed by atoms with E-state index in [2.05, 4.69) is 33.7 Å². The molecule has 2 aromatic carbocycles. The normalized spacial score (nSPS) is 12.3. The summed E-state index contributed by atoms with van der Waals surface area (Å²) in [5.74, 6) is 0.410. The van der Waals surface area contributed by atoms with Gasteiger partial charge in [-0.2, -0.15) is 0 Å². The Labute approximate surface area is 161 Å². The lowest BCUT2D eigenvalue weighted by molar-refractivity contribution is 0.241. The average molecular weight is 396 g/mol. The first kappa shape index (κ1) is 18.2. The van der Waals surface area contributed by atoms with Crippen molar-refractivity contribution in [1.29, 1.82) is 0 Å². The maximum atomic E-state index is 11.6. The molecule has 2 N–H and O–H groups in total. The molecule has 3 rings (SSSR count). The van der Waals surface area contributed by atoms with Gasteiger partial charge in [0.25, 0.3) is 0 Å². The summed E-state index contributed by atoms with van der Waals surface area (Å²) in [5, 5.41) is 6.27. The predicted molar refractivity (Wildman–Crippen MR) is 106 cm³/mol. The second-order valence-corrected chi connectivity index (χ2v) is 7.46. The molecule has 0 unspecified atom stereocenters. The molecule has 1 aliphatic heterocycles. The number of benzene rings is 2. The van der Waals surface area contributed by atoms with Crippen LogP contribution in [-0.2, 0) is 0 Å². The number of hydrogen-bond acceptors (Lipinski definition) is 3. The van der Waals surface area contributed by atoms with E-state index in [0.717, 1.165) is 23.7 Å². The third-order valence-electron chi connectivity index (χ3n) is 3.81. The zero-order chi connectivity index (χ0) is 17.6. The lowest BCUT2D eigenvalue weighted by atomic mass is 10.2. The van der Waals surface area contributed by atoms with Gasteiger partial charge in [0.2, 0.25) is 0 Å². The minimum atomic E-state index is -0.182. The van der Waals surface area contributed by atoms with Crippen molar-refractivity contribution in [1.82, 2.24) is 10.6 Å². The Balaban J connectivity index is 1.68. The lowest BCUT2D eigenvalue weighted by Gasteiger charge is -2.33. The quantitative estimate of drug-likeness (QED) is 0.541. The van der Waals surface area contributed by atoms with Gasteiger partial charge in [0.1, 0.15) is 0 Å². The smallest absolute Gasteiger partial charge is 0.314 e. The summed E-state index contributed by atoms with van der Waals surface area (Å²) in [7, 11) is 0. The molecule has 0 bridgehead atoms. The zero-order valence-electron chi connectivity index (χ0n) is 13.6. The summed E-state index contributed by atoms with van der Waals surface area (Å²) in [6.45, 7) is 1.85. The van der Waals surface area contributed by atoms with Crippen molar-refractivity contribution in [3.8, 4) is 0 Å². The fourth-order valence-electron chi connectivity index (χ4n) is 2.71.